The molecule has 1 heterocycles. The smallest absolute Gasteiger partial charge is 0.382 e. The second-order valence-corrected chi connectivity index (χ2v) is 6.80. The summed E-state index contributed by atoms with van der Waals surface area (Å²) >= 11 is 0. The van der Waals surface area contributed by atoms with E-state index in [0.29, 0.717) is 13.0 Å². The van der Waals surface area contributed by atoms with Gasteiger partial charge in [0.05, 0.1) is 22.8 Å². The van der Waals surface area contributed by atoms with Gasteiger partial charge in [-0.05, 0) is 43.9 Å². The van der Waals surface area contributed by atoms with Gasteiger partial charge in [0.25, 0.3) is 0 Å². The zero-order valence-electron chi connectivity index (χ0n) is 13.5. The molecule has 1 saturated heterocycles. The summed E-state index contributed by atoms with van der Waals surface area (Å²) in [5.41, 5.74) is -0.868. The van der Waals surface area contributed by atoms with E-state index in [4.69, 9.17) is 10.00 Å². The molecule has 2 fully saturated rings. The standard InChI is InChI=1S/C18H21F3N2O/c19-18(20,21)15-10-13(12-22)4-5-16(15)23-14-6-9-24-17(11-14)7-2-1-3-8-17/h4-5,10,14,23H,1-3,6-9,11H2. The van der Waals surface area contributed by atoms with Crippen molar-refractivity contribution >= 4 is 5.69 Å². The highest BCUT2D eigenvalue weighted by atomic mass is 19.4. The van der Waals surface area contributed by atoms with Crippen LogP contribution in [0.1, 0.15) is 56.1 Å². The van der Waals surface area contributed by atoms with E-state index in [2.05, 4.69) is 5.32 Å². The summed E-state index contributed by atoms with van der Waals surface area (Å²) in [4.78, 5) is 0. The molecule has 0 amide bonds. The molecule has 6 heteroatoms. The molecule has 2 aliphatic rings. The molecule has 1 aliphatic heterocycles. The van der Waals surface area contributed by atoms with Gasteiger partial charge in [0.1, 0.15) is 0 Å². The van der Waals surface area contributed by atoms with Gasteiger partial charge in [-0.2, -0.15) is 18.4 Å². The Labute approximate surface area is 139 Å². The third-order valence-electron chi connectivity index (χ3n) is 5.07. The van der Waals surface area contributed by atoms with E-state index in [1.807, 2.05) is 0 Å². The van der Waals surface area contributed by atoms with Crippen molar-refractivity contribution in [1.29, 1.82) is 5.26 Å². The molecule has 1 N–H and O–H groups in total. The Hall–Kier alpha value is -1.74. The van der Waals surface area contributed by atoms with Gasteiger partial charge in [-0.15, -0.1) is 0 Å². The van der Waals surface area contributed by atoms with Crippen LogP contribution in [0.3, 0.4) is 0 Å². The van der Waals surface area contributed by atoms with E-state index in [0.717, 1.165) is 38.2 Å². The lowest BCUT2D eigenvalue weighted by Crippen LogP contribution is -2.45. The molecule has 0 radical (unpaired) electrons. The number of nitrogens with one attached hydrogen (secondary N) is 1. The second kappa shape index (κ2) is 6.64. The van der Waals surface area contributed by atoms with Crippen molar-refractivity contribution in [2.24, 2.45) is 0 Å². The molecule has 1 aliphatic carbocycles. The summed E-state index contributed by atoms with van der Waals surface area (Å²) in [6.07, 6.45) is 2.38. The predicted octanol–water partition coefficient (Wildman–Crippen LogP) is 4.87. The molecule has 1 saturated carbocycles. The number of nitrogens with zero attached hydrogens (tertiary/aromatic N) is 1. The highest BCUT2D eigenvalue weighted by molar-refractivity contribution is 5.56. The largest absolute Gasteiger partial charge is 0.418 e. The van der Waals surface area contributed by atoms with Crippen LogP contribution in [0, 0.1) is 11.3 Å². The average molecular weight is 338 g/mol. The van der Waals surface area contributed by atoms with Gasteiger partial charge in [0.2, 0.25) is 0 Å². The van der Waals surface area contributed by atoms with Gasteiger partial charge in [-0.3, -0.25) is 0 Å². The molecule has 24 heavy (non-hydrogen) atoms. The fourth-order valence-electron chi connectivity index (χ4n) is 3.89. The van der Waals surface area contributed by atoms with Gasteiger partial charge < -0.3 is 10.1 Å². The van der Waals surface area contributed by atoms with Crippen LogP contribution in [0.2, 0.25) is 0 Å². The van der Waals surface area contributed by atoms with Crippen molar-refractivity contribution in [2.75, 3.05) is 11.9 Å². The summed E-state index contributed by atoms with van der Waals surface area (Å²) in [5, 5.41) is 11.9. The number of nitriles is 1. The highest BCUT2D eigenvalue weighted by Gasteiger charge is 2.40. The van der Waals surface area contributed by atoms with Crippen molar-refractivity contribution < 1.29 is 17.9 Å². The Morgan fingerprint density at radius 2 is 1.96 bits per heavy atom. The lowest BCUT2D eigenvalue weighted by molar-refractivity contribution is -0.137. The van der Waals surface area contributed by atoms with Crippen molar-refractivity contribution in [1.82, 2.24) is 0 Å². The van der Waals surface area contributed by atoms with E-state index < -0.39 is 11.7 Å². The molecular formula is C18H21F3N2O. The molecule has 130 valence electrons. The molecule has 0 bridgehead atoms. The first-order chi connectivity index (χ1) is 11.4. The first-order valence-electron chi connectivity index (χ1n) is 8.44. The summed E-state index contributed by atoms with van der Waals surface area (Å²) in [6, 6.07) is 5.44. The number of benzene rings is 1. The summed E-state index contributed by atoms with van der Waals surface area (Å²) in [7, 11) is 0. The quantitative estimate of drug-likeness (QED) is 0.836. The lowest BCUT2D eigenvalue weighted by Gasteiger charge is -2.44. The van der Waals surface area contributed by atoms with Crippen LogP contribution in [0.5, 0.6) is 0 Å². The van der Waals surface area contributed by atoms with E-state index in [1.54, 1.807) is 6.07 Å². The number of ether oxygens (including phenoxy) is 1. The SMILES string of the molecule is N#Cc1ccc(NC2CCOC3(CCCCC3)C2)c(C(F)(F)F)c1. The molecule has 1 spiro atoms. The van der Waals surface area contributed by atoms with Crippen LogP contribution in [-0.4, -0.2) is 18.2 Å². The highest BCUT2D eigenvalue weighted by Crippen LogP contribution is 2.41. The van der Waals surface area contributed by atoms with Gasteiger partial charge in [0.15, 0.2) is 0 Å². The Kier molecular flexibility index (Phi) is 4.73. The van der Waals surface area contributed by atoms with Crippen LogP contribution in [0.25, 0.3) is 0 Å². The minimum atomic E-state index is -4.48. The zero-order chi connectivity index (χ0) is 17.2. The maximum Gasteiger partial charge on any atom is 0.418 e. The molecular weight excluding hydrogens is 317 g/mol. The lowest BCUT2D eigenvalue weighted by atomic mass is 9.78. The summed E-state index contributed by atoms with van der Waals surface area (Å²) in [5.74, 6) is 0. The monoisotopic (exact) mass is 338 g/mol. The van der Waals surface area contributed by atoms with Crippen LogP contribution >= 0.6 is 0 Å². The van der Waals surface area contributed by atoms with Gasteiger partial charge in [-0.25, -0.2) is 0 Å². The minimum absolute atomic E-state index is 0.0172. The maximum atomic E-state index is 13.3. The molecule has 1 unspecified atom stereocenters. The van der Waals surface area contributed by atoms with Gasteiger partial charge >= 0.3 is 6.18 Å². The average Bonchev–Trinajstić information content (AvgIpc) is 2.55. The van der Waals surface area contributed by atoms with Crippen molar-refractivity contribution in [3.63, 3.8) is 0 Å². The number of halogens is 3. The van der Waals surface area contributed by atoms with E-state index in [1.165, 1.54) is 18.6 Å². The third kappa shape index (κ3) is 3.67. The Balaban J connectivity index is 1.79. The second-order valence-electron chi connectivity index (χ2n) is 6.80. The molecule has 1 atom stereocenters. The van der Waals surface area contributed by atoms with E-state index in [-0.39, 0.29) is 22.9 Å². The number of anilines is 1. The molecule has 1 aromatic carbocycles. The van der Waals surface area contributed by atoms with Gasteiger partial charge in [-0.1, -0.05) is 19.3 Å². The first-order valence-corrected chi connectivity index (χ1v) is 8.44. The molecule has 1 aromatic rings. The van der Waals surface area contributed by atoms with Crippen molar-refractivity contribution in [3.05, 3.63) is 29.3 Å². The number of alkyl halides is 3. The maximum absolute atomic E-state index is 13.3. The van der Waals surface area contributed by atoms with Crippen LogP contribution < -0.4 is 5.32 Å². The summed E-state index contributed by atoms with van der Waals surface area (Å²) in [6.45, 7) is 0.579. The van der Waals surface area contributed by atoms with Crippen molar-refractivity contribution in [3.8, 4) is 6.07 Å². The summed E-state index contributed by atoms with van der Waals surface area (Å²) < 4.78 is 45.9. The Morgan fingerprint density at radius 1 is 1.21 bits per heavy atom. The molecule has 3 rings (SSSR count). The third-order valence-corrected chi connectivity index (χ3v) is 5.07. The van der Waals surface area contributed by atoms with Crippen LogP contribution in [-0.2, 0) is 10.9 Å². The predicted molar refractivity (Wildman–Crippen MR) is 84.6 cm³/mol. The zero-order valence-corrected chi connectivity index (χ0v) is 13.5. The van der Waals surface area contributed by atoms with Crippen molar-refractivity contribution in [2.45, 2.75) is 62.8 Å². The van der Waals surface area contributed by atoms with E-state index in [9.17, 15) is 13.2 Å². The Bertz CT molecular complexity index is 625. The van der Waals surface area contributed by atoms with Crippen LogP contribution in [0.15, 0.2) is 18.2 Å². The number of hydrogen-bond donors (Lipinski definition) is 1. The van der Waals surface area contributed by atoms with Gasteiger partial charge in [0, 0.05) is 18.3 Å². The minimum Gasteiger partial charge on any atom is -0.382 e. The number of hydrogen-bond acceptors (Lipinski definition) is 3. The van der Waals surface area contributed by atoms with Crippen LogP contribution in [0.4, 0.5) is 18.9 Å². The first kappa shape index (κ1) is 17.1. The molecule has 3 nitrogen and oxygen atoms in total. The normalized spacial score (nSPS) is 23.7. The topological polar surface area (TPSA) is 45.0 Å². The fourth-order valence-corrected chi connectivity index (χ4v) is 3.89. The Morgan fingerprint density at radius 3 is 2.62 bits per heavy atom. The van der Waals surface area contributed by atoms with E-state index >= 15 is 0 Å². The molecule has 0 aromatic heterocycles. The number of rotatable bonds is 2. The fraction of sp³-hybridized carbons (Fsp3) is 0.611.